The predicted molar refractivity (Wildman–Crippen MR) is 125 cm³/mol. The number of amides is 2. The van der Waals surface area contributed by atoms with Crippen molar-refractivity contribution in [1.82, 2.24) is 16.0 Å². The molecule has 2 amide bonds. The maximum atomic E-state index is 12.2. The van der Waals surface area contributed by atoms with E-state index in [-0.39, 0.29) is 36.5 Å². The summed E-state index contributed by atoms with van der Waals surface area (Å²) in [7, 11) is 0. The SMILES string of the molecule is CC(C)Oc1ccc(NC(=NCC(=O)NC(C)(C)C)NCC(=O)NCc2ccco2)cc1. The van der Waals surface area contributed by atoms with Gasteiger partial charge in [0.1, 0.15) is 18.1 Å². The van der Waals surface area contributed by atoms with Crippen molar-refractivity contribution in [2.45, 2.75) is 52.8 Å². The van der Waals surface area contributed by atoms with Gasteiger partial charge in [-0.2, -0.15) is 0 Å². The van der Waals surface area contributed by atoms with Crippen molar-refractivity contribution < 1.29 is 18.7 Å². The molecule has 0 unspecified atom stereocenters. The highest BCUT2D eigenvalue weighted by atomic mass is 16.5. The molecule has 0 aliphatic rings. The van der Waals surface area contributed by atoms with E-state index < -0.39 is 0 Å². The summed E-state index contributed by atoms with van der Waals surface area (Å²) in [6, 6.07) is 10.9. The van der Waals surface area contributed by atoms with Crippen LogP contribution in [0.1, 0.15) is 40.4 Å². The Bertz CT molecular complexity index is 884. The molecule has 0 bridgehead atoms. The van der Waals surface area contributed by atoms with Gasteiger partial charge in [-0.25, -0.2) is 4.99 Å². The third-order valence-electron chi connectivity index (χ3n) is 3.84. The zero-order chi connectivity index (χ0) is 23.6. The van der Waals surface area contributed by atoms with Crippen LogP contribution in [0.2, 0.25) is 0 Å². The molecule has 2 rings (SSSR count). The summed E-state index contributed by atoms with van der Waals surface area (Å²) in [5.41, 5.74) is 0.380. The van der Waals surface area contributed by atoms with Crippen LogP contribution in [-0.2, 0) is 16.1 Å². The van der Waals surface area contributed by atoms with Gasteiger partial charge in [0.15, 0.2) is 5.96 Å². The summed E-state index contributed by atoms with van der Waals surface area (Å²) in [6.45, 7) is 9.79. The molecule has 32 heavy (non-hydrogen) atoms. The van der Waals surface area contributed by atoms with Crippen LogP contribution in [0.25, 0.3) is 0 Å². The topological polar surface area (TPSA) is 117 Å². The van der Waals surface area contributed by atoms with Crippen molar-refractivity contribution >= 4 is 23.5 Å². The fourth-order valence-corrected chi connectivity index (χ4v) is 2.60. The van der Waals surface area contributed by atoms with Crippen LogP contribution in [-0.4, -0.2) is 42.5 Å². The van der Waals surface area contributed by atoms with Crippen LogP contribution in [0, 0.1) is 0 Å². The van der Waals surface area contributed by atoms with Gasteiger partial charge in [0.25, 0.3) is 0 Å². The first-order valence-electron chi connectivity index (χ1n) is 10.5. The normalized spacial score (nSPS) is 11.8. The first-order chi connectivity index (χ1) is 15.1. The maximum Gasteiger partial charge on any atom is 0.242 e. The number of anilines is 1. The number of carbonyl (C=O) groups is 2. The number of benzene rings is 1. The summed E-state index contributed by atoms with van der Waals surface area (Å²) >= 11 is 0. The molecule has 0 radical (unpaired) electrons. The van der Waals surface area contributed by atoms with Crippen LogP contribution < -0.4 is 26.0 Å². The van der Waals surface area contributed by atoms with Gasteiger partial charge in [-0.3, -0.25) is 9.59 Å². The Morgan fingerprint density at radius 3 is 2.38 bits per heavy atom. The summed E-state index contributed by atoms with van der Waals surface area (Å²) in [4.78, 5) is 28.6. The second kappa shape index (κ2) is 11.8. The number of aliphatic imine (C=N–C) groups is 1. The number of nitrogens with zero attached hydrogens (tertiary/aromatic N) is 1. The highest BCUT2D eigenvalue weighted by molar-refractivity contribution is 5.97. The average molecular weight is 444 g/mol. The minimum atomic E-state index is -0.356. The minimum absolute atomic E-state index is 0.0258. The van der Waals surface area contributed by atoms with E-state index in [1.165, 1.54) is 0 Å². The van der Waals surface area contributed by atoms with Crippen LogP contribution in [0.5, 0.6) is 5.75 Å². The molecule has 0 fully saturated rings. The number of furan rings is 1. The van der Waals surface area contributed by atoms with Crippen LogP contribution in [0.15, 0.2) is 52.1 Å². The van der Waals surface area contributed by atoms with Crippen LogP contribution >= 0.6 is 0 Å². The lowest BCUT2D eigenvalue weighted by Crippen LogP contribution is -2.43. The van der Waals surface area contributed by atoms with Crippen molar-refractivity contribution in [3.8, 4) is 5.75 Å². The second-order valence-electron chi connectivity index (χ2n) is 8.49. The van der Waals surface area contributed by atoms with E-state index in [4.69, 9.17) is 9.15 Å². The molecular weight excluding hydrogens is 410 g/mol. The quantitative estimate of drug-likeness (QED) is 0.350. The van der Waals surface area contributed by atoms with Crippen molar-refractivity contribution in [2.75, 3.05) is 18.4 Å². The molecule has 0 aliphatic carbocycles. The Kier molecular flexibility index (Phi) is 9.12. The maximum absolute atomic E-state index is 12.2. The Morgan fingerprint density at radius 1 is 1.06 bits per heavy atom. The lowest BCUT2D eigenvalue weighted by atomic mass is 10.1. The standard InChI is InChI=1S/C23H33N5O4/c1-16(2)32-18-10-8-17(9-11-18)27-22(26-15-21(30)28-23(3,4)5)25-14-20(29)24-13-19-7-6-12-31-19/h6-12,16H,13-15H2,1-5H3,(H,24,29)(H,28,30)(H2,25,26,27). The first-order valence-corrected chi connectivity index (χ1v) is 10.5. The average Bonchev–Trinajstić information content (AvgIpc) is 3.22. The van der Waals surface area contributed by atoms with Crippen molar-refractivity contribution in [1.29, 1.82) is 0 Å². The predicted octanol–water partition coefficient (Wildman–Crippen LogP) is 2.66. The summed E-state index contributed by atoms with van der Waals surface area (Å²) in [5, 5.41) is 11.7. The van der Waals surface area contributed by atoms with Gasteiger partial charge in [-0.1, -0.05) is 0 Å². The summed E-state index contributed by atoms with van der Waals surface area (Å²) < 4.78 is 10.8. The molecule has 0 saturated carbocycles. The fraction of sp³-hybridized carbons (Fsp3) is 0.435. The number of hydrogen-bond donors (Lipinski definition) is 4. The number of ether oxygens (including phenoxy) is 1. The zero-order valence-electron chi connectivity index (χ0n) is 19.3. The monoisotopic (exact) mass is 443 g/mol. The molecule has 9 nitrogen and oxygen atoms in total. The van der Waals surface area contributed by atoms with E-state index in [0.29, 0.717) is 18.3 Å². The molecule has 0 aliphatic heterocycles. The number of nitrogens with one attached hydrogen (secondary N) is 4. The van der Waals surface area contributed by atoms with E-state index in [9.17, 15) is 9.59 Å². The van der Waals surface area contributed by atoms with Gasteiger partial charge in [-0.05, 0) is 71.0 Å². The third-order valence-corrected chi connectivity index (χ3v) is 3.84. The fourth-order valence-electron chi connectivity index (χ4n) is 2.60. The molecule has 0 saturated heterocycles. The van der Waals surface area contributed by atoms with Gasteiger partial charge >= 0.3 is 0 Å². The van der Waals surface area contributed by atoms with E-state index in [1.54, 1.807) is 18.4 Å². The van der Waals surface area contributed by atoms with Gasteiger partial charge in [0, 0.05) is 11.2 Å². The van der Waals surface area contributed by atoms with Crippen molar-refractivity contribution in [3.63, 3.8) is 0 Å². The van der Waals surface area contributed by atoms with Crippen molar-refractivity contribution in [3.05, 3.63) is 48.4 Å². The highest BCUT2D eigenvalue weighted by Crippen LogP contribution is 2.16. The van der Waals surface area contributed by atoms with E-state index in [1.807, 2.05) is 58.9 Å². The molecule has 1 aromatic heterocycles. The highest BCUT2D eigenvalue weighted by Gasteiger charge is 2.14. The molecule has 0 spiro atoms. The molecule has 1 heterocycles. The third kappa shape index (κ3) is 10.0. The molecule has 0 atom stereocenters. The zero-order valence-corrected chi connectivity index (χ0v) is 19.3. The number of hydrogen-bond acceptors (Lipinski definition) is 5. The van der Waals surface area contributed by atoms with Crippen molar-refractivity contribution in [2.24, 2.45) is 4.99 Å². The lowest BCUT2D eigenvalue weighted by Gasteiger charge is -2.20. The Hall–Kier alpha value is -3.49. The largest absolute Gasteiger partial charge is 0.491 e. The Morgan fingerprint density at radius 2 is 1.78 bits per heavy atom. The Balaban J connectivity index is 1.98. The molecular formula is C23H33N5O4. The molecule has 4 N–H and O–H groups in total. The Labute approximate surface area is 189 Å². The van der Waals surface area contributed by atoms with Gasteiger partial charge in [0.2, 0.25) is 11.8 Å². The number of guanidine groups is 1. The van der Waals surface area contributed by atoms with Gasteiger partial charge in [0.05, 0.1) is 25.5 Å². The number of carbonyl (C=O) groups excluding carboxylic acids is 2. The van der Waals surface area contributed by atoms with Gasteiger partial charge < -0.3 is 30.4 Å². The van der Waals surface area contributed by atoms with Crippen LogP contribution in [0.3, 0.4) is 0 Å². The summed E-state index contributed by atoms with van der Waals surface area (Å²) in [6.07, 6.45) is 1.63. The lowest BCUT2D eigenvalue weighted by molar-refractivity contribution is -0.121. The van der Waals surface area contributed by atoms with Gasteiger partial charge in [-0.15, -0.1) is 0 Å². The van der Waals surface area contributed by atoms with E-state index in [2.05, 4.69) is 26.3 Å². The first kappa shape index (κ1) is 24.8. The second-order valence-corrected chi connectivity index (χ2v) is 8.49. The summed E-state index contributed by atoms with van der Waals surface area (Å²) in [5.74, 6) is 1.25. The smallest absolute Gasteiger partial charge is 0.242 e. The van der Waals surface area contributed by atoms with E-state index >= 15 is 0 Å². The molecule has 2 aromatic rings. The minimum Gasteiger partial charge on any atom is -0.491 e. The molecule has 174 valence electrons. The van der Waals surface area contributed by atoms with Crippen LogP contribution in [0.4, 0.5) is 5.69 Å². The van der Waals surface area contributed by atoms with E-state index in [0.717, 1.165) is 11.4 Å². The molecule has 1 aromatic carbocycles. The molecule has 9 heteroatoms. The number of rotatable bonds is 9.